The molecule has 0 unspecified atom stereocenters. The molecular formula is C12H13F2NO4S. The first-order valence-corrected chi connectivity index (χ1v) is 7.35. The van der Waals surface area contributed by atoms with Crippen molar-refractivity contribution in [3.8, 4) is 0 Å². The van der Waals surface area contributed by atoms with Crippen LogP contribution >= 0.6 is 0 Å². The highest BCUT2D eigenvalue weighted by Crippen LogP contribution is 2.29. The van der Waals surface area contributed by atoms with Gasteiger partial charge in [-0.25, -0.2) is 17.2 Å². The summed E-state index contributed by atoms with van der Waals surface area (Å²) in [4.78, 5) is 10.6. The number of carboxylic acid groups (broad SMARTS) is 1. The molecule has 5 nitrogen and oxygen atoms in total. The molecule has 1 heterocycles. The van der Waals surface area contributed by atoms with E-state index < -0.39 is 33.5 Å². The Morgan fingerprint density at radius 3 is 2.45 bits per heavy atom. The summed E-state index contributed by atoms with van der Waals surface area (Å²) in [5.41, 5.74) is 0. The normalized spacial score (nSPS) is 23.9. The molecule has 2 atom stereocenters. The third-order valence-corrected chi connectivity index (χ3v) is 5.25. The Hall–Kier alpha value is -1.54. The summed E-state index contributed by atoms with van der Waals surface area (Å²) in [5, 5.41) is 8.99. The molecule has 0 spiro atoms. The van der Waals surface area contributed by atoms with E-state index in [0.717, 1.165) is 16.4 Å². The number of halogens is 2. The first kappa shape index (κ1) is 14.9. The maximum absolute atomic E-state index is 13.1. The molecule has 0 aromatic heterocycles. The Morgan fingerprint density at radius 2 is 1.95 bits per heavy atom. The smallest absolute Gasteiger partial charge is 0.308 e. The lowest BCUT2D eigenvalue weighted by molar-refractivity contribution is -0.142. The predicted octanol–water partition coefficient (Wildman–Crippen LogP) is 1.31. The molecule has 110 valence electrons. The van der Waals surface area contributed by atoms with Crippen LogP contribution in [0.3, 0.4) is 0 Å². The first-order valence-electron chi connectivity index (χ1n) is 5.91. The number of hydrogen-bond acceptors (Lipinski definition) is 3. The molecule has 1 N–H and O–H groups in total. The van der Waals surface area contributed by atoms with Crippen molar-refractivity contribution in [2.24, 2.45) is 11.8 Å². The number of sulfonamides is 1. The summed E-state index contributed by atoms with van der Waals surface area (Å²) in [6, 6.07) is 2.30. The third-order valence-electron chi connectivity index (χ3n) is 3.42. The second-order valence-corrected chi connectivity index (χ2v) is 6.76. The topological polar surface area (TPSA) is 74.7 Å². The summed E-state index contributed by atoms with van der Waals surface area (Å²) in [6.07, 6.45) is 0. The lowest BCUT2D eigenvalue weighted by Crippen LogP contribution is -2.30. The number of hydrogen-bond donors (Lipinski definition) is 1. The fourth-order valence-electron chi connectivity index (χ4n) is 2.23. The van der Waals surface area contributed by atoms with Gasteiger partial charge in [0.05, 0.1) is 10.8 Å². The van der Waals surface area contributed by atoms with E-state index in [4.69, 9.17) is 5.11 Å². The molecule has 1 aliphatic heterocycles. The lowest BCUT2D eigenvalue weighted by Gasteiger charge is -2.16. The van der Waals surface area contributed by atoms with Gasteiger partial charge in [0.15, 0.2) is 11.6 Å². The highest BCUT2D eigenvalue weighted by molar-refractivity contribution is 7.89. The number of aliphatic carboxylic acids is 1. The van der Waals surface area contributed by atoms with E-state index in [1.807, 2.05) is 0 Å². The van der Waals surface area contributed by atoms with Gasteiger partial charge in [-0.05, 0) is 24.1 Å². The molecule has 0 radical (unpaired) electrons. The van der Waals surface area contributed by atoms with Crippen LogP contribution < -0.4 is 0 Å². The van der Waals surface area contributed by atoms with Gasteiger partial charge in [0.1, 0.15) is 0 Å². The number of benzene rings is 1. The van der Waals surface area contributed by atoms with Crippen LogP contribution in [0.5, 0.6) is 0 Å². The van der Waals surface area contributed by atoms with Crippen LogP contribution in [0.25, 0.3) is 0 Å². The minimum Gasteiger partial charge on any atom is -0.481 e. The monoisotopic (exact) mass is 305 g/mol. The van der Waals surface area contributed by atoms with Crippen molar-refractivity contribution in [1.29, 1.82) is 0 Å². The summed E-state index contributed by atoms with van der Waals surface area (Å²) in [6.45, 7) is 1.51. The molecule has 2 rings (SSSR count). The van der Waals surface area contributed by atoms with Crippen molar-refractivity contribution in [2.45, 2.75) is 11.8 Å². The Bertz CT molecular complexity index is 647. The van der Waals surface area contributed by atoms with Crippen molar-refractivity contribution in [1.82, 2.24) is 4.31 Å². The number of rotatable bonds is 3. The highest BCUT2D eigenvalue weighted by atomic mass is 32.2. The zero-order valence-electron chi connectivity index (χ0n) is 10.6. The first-order chi connectivity index (χ1) is 9.23. The molecule has 1 aromatic carbocycles. The van der Waals surface area contributed by atoms with E-state index in [9.17, 15) is 22.0 Å². The molecule has 0 saturated carbocycles. The van der Waals surface area contributed by atoms with Crippen molar-refractivity contribution in [3.05, 3.63) is 29.8 Å². The highest BCUT2D eigenvalue weighted by Gasteiger charge is 2.40. The van der Waals surface area contributed by atoms with Crippen molar-refractivity contribution < 1.29 is 27.1 Å². The standard InChI is InChI=1S/C12H13F2NO4S/c1-7-5-15(6-9(7)12(16)17)20(18,19)8-2-3-10(13)11(14)4-8/h2-4,7,9H,5-6H2,1H3,(H,16,17)/t7-,9-/m1/s1. The van der Waals surface area contributed by atoms with Crippen molar-refractivity contribution >= 4 is 16.0 Å². The quantitative estimate of drug-likeness (QED) is 0.913. The zero-order valence-corrected chi connectivity index (χ0v) is 11.4. The van der Waals surface area contributed by atoms with Crippen LogP contribution in [0.4, 0.5) is 8.78 Å². The van der Waals surface area contributed by atoms with Gasteiger partial charge >= 0.3 is 5.97 Å². The molecule has 0 aliphatic carbocycles. The van der Waals surface area contributed by atoms with Gasteiger partial charge in [0, 0.05) is 13.1 Å². The van der Waals surface area contributed by atoms with Gasteiger partial charge in [-0.1, -0.05) is 6.92 Å². The fraction of sp³-hybridized carbons (Fsp3) is 0.417. The molecule has 1 aliphatic rings. The Balaban J connectivity index is 2.32. The van der Waals surface area contributed by atoms with E-state index in [2.05, 4.69) is 0 Å². The van der Waals surface area contributed by atoms with Gasteiger partial charge in [0.2, 0.25) is 10.0 Å². The predicted molar refractivity (Wildman–Crippen MR) is 65.4 cm³/mol. The SMILES string of the molecule is C[C@@H]1CN(S(=O)(=O)c2ccc(F)c(F)c2)C[C@H]1C(=O)O. The van der Waals surface area contributed by atoms with E-state index >= 15 is 0 Å². The maximum atomic E-state index is 13.1. The van der Waals surface area contributed by atoms with E-state index in [-0.39, 0.29) is 23.9 Å². The van der Waals surface area contributed by atoms with E-state index in [1.165, 1.54) is 0 Å². The number of nitrogens with zero attached hydrogens (tertiary/aromatic N) is 1. The van der Waals surface area contributed by atoms with Crippen LogP contribution in [0, 0.1) is 23.5 Å². The van der Waals surface area contributed by atoms with Gasteiger partial charge < -0.3 is 5.11 Å². The average Bonchev–Trinajstić information content (AvgIpc) is 2.75. The number of carboxylic acids is 1. The largest absolute Gasteiger partial charge is 0.481 e. The van der Waals surface area contributed by atoms with Crippen molar-refractivity contribution in [2.75, 3.05) is 13.1 Å². The van der Waals surface area contributed by atoms with Crippen LogP contribution in [0.2, 0.25) is 0 Å². The average molecular weight is 305 g/mol. The molecule has 8 heteroatoms. The third kappa shape index (κ3) is 2.53. The second-order valence-electron chi connectivity index (χ2n) is 4.82. The summed E-state index contributed by atoms with van der Waals surface area (Å²) in [5.74, 6) is -4.60. The van der Waals surface area contributed by atoms with Crippen LogP contribution in [-0.2, 0) is 14.8 Å². The zero-order chi connectivity index (χ0) is 15.1. The lowest BCUT2D eigenvalue weighted by atomic mass is 9.99. The van der Waals surface area contributed by atoms with Gasteiger partial charge in [-0.15, -0.1) is 0 Å². The van der Waals surface area contributed by atoms with Crippen LogP contribution in [-0.4, -0.2) is 36.9 Å². The summed E-state index contributed by atoms with van der Waals surface area (Å²) >= 11 is 0. The van der Waals surface area contributed by atoms with Crippen LogP contribution in [0.15, 0.2) is 23.1 Å². The maximum Gasteiger partial charge on any atom is 0.308 e. The molecule has 1 fully saturated rings. The van der Waals surface area contributed by atoms with Crippen molar-refractivity contribution in [3.63, 3.8) is 0 Å². The number of carbonyl (C=O) groups is 1. The molecule has 20 heavy (non-hydrogen) atoms. The van der Waals surface area contributed by atoms with E-state index in [0.29, 0.717) is 6.07 Å². The fourth-order valence-corrected chi connectivity index (χ4v) is 3.81. The van der Waals surface area contributed by atoms with E-state index in [1.54, 1.807) is 6.92 Å². The molecule has 1 aromatic rings. The second kappa shape index (κ2) is 5.10. The van der Waals surface area contributed by atoms with Gasteiger partial charge in [-0.2, -0.15) is 4.31 Å². The summed E-state index contributed by atoms with van der Waals surface area (Å²) in [7, 11) is -4.01. The minimum absolute atomic E-state index is 0.0400. The summed E-state index contributed by atoms with van der Waals surface area (Å²) < 4.78 is 51.5. The van der Waals surface area contributed by atoms with Gasteiger partial charge in [0.25, 0.3) is 0 Å². The minimum atomic E-state index is -4.01. The molecule has 0 bridgehead atoms. The van der Waals surface area contributed by atoms with Crippen LogP contribution in [0.1, 0.15) is 6.92 Å². The Morgan fingerprint density at radius 1 is 1.30 bits per heavy atom. The van der Waals surface area contributed by atoms with Gasteiger partial charge in [-0.3, -0.25) is 4.79 Å². The molecule has 1 saturated heterocycles. The molecule has 0 amide bonds. The Kier molecular flexibility index (Phi) is 3.79. The molecular weight excluding hydrogens is 292 g/mol. The Labute approximate surface area is 114 Å².